The molecule has 0 bridgehead atoms. The van der Waals surface area contributed by atoms with E-state index in [1.807, 2.05) is 25.7 Å². The first-order valence-corrected chi connectivity index (χ1v) is 12.2. The minimum absolute atomic E-state index is 0.122. The molecule has 0 radical (unpaired) electrons. The lowest BCUT2D eigenvalue weighted by Crippen LogP contribution is -2.55. The topological polar surface area (TPSA) is 115 Å². The van der Waals surface area contributed by atoms with Gasteiger partial charge in [-0.25, -0.2) is 14.2 Å². The Bertz CT molecular complexity index is 982. The first-order valence-electron chi connectivity index (χ1n) is 12.2. The number of guanidine groups is 1. The second kappa shape index (κ2) is 13.7. The normalized spacial score (nSPS) is 18.4. The number of aliphatic imine (C=N–C) groups is 1. The zero-order chi connectivity index (χ0) is 27.6. The fourth-order valence-corrected chi connectivity index (χ4v) is 4.05. The zero-order valence-corrected chi connectivity index (χ0v) is 22.2. The Hall–Kier alpha value is -3.47. The van der Waals surface area contributed by atoms with Gasteiger partial charge < -0.3 is 34.7 Å². The van der Waals surface area contributed by atoms with Crippen LogP contribution in [0.25, 0.3) is 0 Å². The van der Waals surface area contributed by atoms with Crippen molar-refractivity contribution in [3.05, 3.63) is 47.0 Å². The third kappa shape index (κ3) is 8.56. The van der Waals surface area contributed by atoms with E-state index in [0.717, 1.165) is 25.2 Å². The Kier molecular flexibility index (Phi) is 11.0. The number of aldehydes is 2. The summed E-state index contributed by atoms with van der Waals surface area (Å²) in [5, 5.41) is 10.2. The van der Waals surface area contributed by atoms with Crippen LogP contribution < -0.4 is 5.32 Å². The third-order valence-corrected chi connectivity index (χ3v) is 5.84. The number of ether oxygens (including phenoxy) is 1. The van der Waals surface area contributed by atoms with Gasteiger partial charge in [0.05, 0.1) is 24.0 Å². The SMILES string of the molecule is CN(CC=O)C(=NC1=C(C=O)NC(c2ccc(F)cc2)CC1)N1CCN(C(=O)OC(C)(C)C)CC1.CO. The van der Waals surface area contributed by atoms with E-state index in [2.05, 4.69) is 5.32 Å². The third-order valence-electron chi connectivity index (χ3n) is 5.84. The van der Waals surface area contributed by atoms with Crippen molar-refractivity contribution in [3.63, 3.8) is 0 Å². The van der Waals surface area contributed by atoms with Crippen LogP contribution in [-0.2, 0) is 14.3 Å². The highest BCUT2D eigenvalue weighted by Gasteiger charge is 2.29. The van der Waals surface area contributed by atoms with E-state index in [1.54, 1.807) is 29.0 Å². The molecule has 2 aliphatic heterocycles. The summed E-state index contributed by atoms with van der Waals surface area (Å²) in [4.78, 5) is 45.7. The number of aliphatic hydroxyl groups excluding tert-OH is 1. The molecular weight excluding hydrogens is 481 g/mol. The molecule has 2 aliphatic rings. The maximum Gasteiger partial charge on any atom is 0.410 e. The highest BCUT2D eigenvalue weighted by Crippen LogP contribution is 2.29. The van der Waals surface area contributed by atoms with Crippen molar-refractivity contribution in [1.82, 2.24) is 20.0 Å². The molecule has 37 heavy (non-hydrogen) atoms. The van der Waals surface area contributed by atoms with Gasteiger partial charge in [-0.15, -0.1) is 0 Å². The Morgan fingerprint density at radius 2 is 1.76 bits per heavy atom. The number of aliphatic hydroxyl groups is 1. The van der Waals surface area contributed by atoms with Crippen LogP contribution in [0.5, 0.6) is 0 Å². The summed E-state index contributed by atoms with van der Waals surface area (Å²) in [5.41, 5.74) is 1.30. The molecule has 3 rings (SSSR count). The number of allylic oxidation sites excluding steroid dienone is 2. The van der Waals surface area contributed by atoms with E-state index < -0.39 is 5.60 Å². The summed E-state index contributed by atoms with van der Waals surface area (Å²) in [5.74, 6) is 0.257. The molecule has 1 fully saturated rings. The molecule has 0 saturated carbocycles. The number of amides is 1. The van der Waals surface area contributed by atoms with Gasteiger partial charge >= 0.3 is 6.09 Å². The fourth-order valence-electron chi connectivity index (χ4n) is 4.05. The highest BCUT2D eigenvalue weighted by atomic mass is 19.1. The van der Waals surface area contributed by atoms with Gasteiger partial charge in [-0.1, -0.05) is 12.1 Å². The predicted octanol–water partition coefficient (Wildman–Crippen LogP) is 2.31. The number of piperazine rings is 1. The fraction of sp³-hybridized carbons (Fsp3) is 0.538. The van der Waals surface area contributed by atoms with Gasteiger partial charge in [-0.05, 0) is 51.3 Å². The van der Waals surface area contributed by atoms with Crippen molar-refractivity contribution in [2.45, 2.75) is 45.3 Å². The monoisotopic (exact) mass is 519 g/mol. The molecule has 0 aromatic heterocycles. The van der Waals surface area contributed by atoms with Crippen LogP contribution in [0.2, 0.25) is 0 Å². The van der Waals surface area contributed by atoms with Crippen molar-refractivity contribution >= 4 is 24.6 Å². The molecule has 1 amide bonds. The summed E-state index contributed by atoms with van der Waals surface area (Å²) >= 11 is 0. The van der Waals surface area contributed by atoms with Crippen LogP contribution in [0.15, 0.2) is 40.7 Å². The van der Waals surface area contributed by atoms with E-state index >= 15 is 0 Å². The average Bonchev–Trinajstić information content (AvgIpc) is 2.88. The molecule has 1 atom stereocenters. The molecule has 2 heterocycles. The largest absolute Gasteiger partial charge is 0.444 e. The van der Waals surface area contributed by atoms with Crippen LogP contribution in [0, 0.1) is 5.82 Å². The lowest BCUT2D eigenvalue weighted by atomic mass is 9.97. The number of nitrogens with one attached hydrogen (secondary N) is 1. The summed E-state index contributed by atoms with van der Waals surface area (Å²) in [6, 6.07) is 6.09. The maximum atomic E-state index is 13.3. The van der Waals surface area contributed by atoms with Gasteiger partial charge in [-0.2, -0.15) is 0 Å². The Morgan fingerprint density at radius 1 is 1.16 bits per heavy atom. The molecule has 0 aliphatic carbocycles. The van der Waals surface area contributed by atoms with Crippen LogP contribution in [0.4, 0.5) is 9.18 Å². The van der Waals surface area contributed by atoms with Crippen LogP contribution in [0.3, 0.4) is 0 Å². The van der Waals surface area contributed by atoms with E-state index in [0.29, 0.717) is 56.4 Å². The van der Waals surface area contributed by atoms with Gasteiger partial charge in [0.25, 0.3) is 0 Å². The molecule has 1 saturated heterocycles. The number of likely N-dealkylation sites (N-methyl/N-ethyl adjacent to an activating group) is 1. The van der Waals surface area contributed by atoms with E-state index in [-0.39, 0.29) is 24.5 Å². The number of hydrogen-bond donors (Lipinski definition) is 2. The van der Waals surface area contributed by atoms with Crippen molar-refractivity contribution in [1.29, 1.82) is 0 Å². The Labute approximate surface area is 217 Å². The van der Waals surface area contributed by atoms with Crippen molar-refractivity contribution in [2.24, 2.45) is 4.99 Å². The Morgan fingerprint density at radius 3 is 2.30 bits per heavy atom. The predicted molar refractivity (Wildman–Crippen MR) is 138 cm³/mol. The van der Waals surface area contributed by atoms with Crippen molar-refractivity contribution < 1.29 is 28.6 Å². The molecule has 11 heteroatoms. The van der Waals surface area contributed by atoms with Gasteiger partial charge in [0.15, 0.2) is 6.29 Å². The van der Waals surface area contributed by atoms with Crippen molar-refractivity contribution in [2.75, 3.05) is 46.9 Å². The number of rotatable bonds is 5. The molecule has 2 N–H and O–H groups in total. The Balaban J connectivity index is 0.00000235. The highest BCUT2D eigenvalue weighted by molar-refractivity contribution is 5.84. The first kappa shape index (κ1) is 29.8. The summed E-state index contributed by atoms with van der Waals surface area (Å²) in [6.07, 6.45) is 2.40. The lowest BCUT2D eigenvalue weighted by Gasteiger charge is -2.39. The number of hydrogen-bond acceptors (Lipinski definition) is 7. The molecule has 204 valence electrons. The number of benzene rings is 1. The van der Waals surface area contributed by atoms with Crippen LogP contribution in [0.1, 0.15) is 45.2 Å². The van der Waals surface area contributed by atoms with Gasteiger partial charge in [0.1, 0.15) is 17.7 Å². The number of nitrogens with zero attached hydrogens (tertiary/aromatic N) is 4. The minimum atomic E-state index is -0.567. The maximum absolute atomic E-state index is 13.3. The molecule has 1 aromatic rings. The quantitative estimate of drug-likeness (QED) is 0.346. The second-order valence-electron chi connectivity index (χ2n) is 9.68. The molecule has 10 nitrogen and oxygen atoms in total. The first-order chi connectivity index (χ1) is 17.6. The van der Waals surface area contributed by atoms with Gasteiger partial charge in [-0.3, -0.25) is 4.79 Å². The van der Waals surface area contributed by atoms with E-state index in [9.17, 15) is 18.8 Å². The van der Waals surface area contributed by atoms with Crippen molar-refractivity contribution in [3.8, 4) is 0 Å². The number of carbonyl (C=O) groups excluding carboxylic acids is 3. The van der Waals surface area contributed by atoms with Gasteiger partial charge in [0.2, 0.25) is 5.96 Å². The molecular formula is C26H38FN5O5. The minimum Gasteiger partial charge on any atom is -0.444 e. The number of halogens is 1. The number of carbonyl (C=O) groups is 3. The standard InChI is InChI=1S/C25H34FN5O4.CH4O/c1-25(2,3)35-24(34)31-13-11-30(12-14-31)23(29(4)15-16-32)28-21-10-9-20(27-22(21)17-33)18-5-7-19(26)8-6-18;1-2/h5-8,16-17,20,27H,9-15H2,1-4H3;2H,1H3. The summed E-state index contributed by atoms with van der Waals surface area (Å²) in [7, 11) is 2.77. The second-order valence-corrected chi connectivity index (χ2v) is 9.68. The molecule has 1 aromatic carbocycles. The average molecular weight is 520 g/mol. The van der Waals surface area contributed by atoms with Crippen LogP contribution >= 0.6 is 0 Å². The smallest absolute Gasteiger partial charge is 0.410 e. The summed E-state index contributed by atoms with van der Waals surface area (Å²) in [6.45, 7) is 7.56. The van der Waals surface area contributed by atoms with Gasteiger partial charge in [0, 0.05) is 40.3 Å². The van der Waals surface area contributed by atoms with Crippen LogP contribution in [-0.4, -0.2) is 96.9 Å². The molecule has 0 spiro atoms. The lowest BCUT2D eigenvalue weighted by molar-refractivity contribution is -0.108. The zero-order valence-electron chi connectivity index (χ0n) is 22.2. The molecule has 1 unspecified atom stereocenters. The van der Waals surface area contributed by atoms with E-state index in [4.69, 9.17) is 14.8 Å². The van der Waals surface area contributed by atoms with E-state index in [1.165, 1.54) is 12.1 Å². The summed E-state index contributed by atoms with van der Waals surface area (Å²) < 4.78 is 18.8.